The number of likely N-dealkylation sites (N-methyl/N-ethyl adjacent to an activating group) is 1. The van der Waals surface area contributed by atoms with E-state index in [0.717, 1.165) is 19.5 Å². The summed E-state index contributed by atoms with van der Waals surface area (Å²) in [5.41, 5.74) is -0.398. The van der Waals surface area contributed by atoms with Crippen molar-refractivity contribution < 1.29 is 9.53 Å². The normalized spacial score (nSPS) is 33.3. The fourth-order valence-corrected chi connectivity index (χ4v) is 2.27. The van der Waals surface area contributed by atoms with Gasteiger partial charge in [-0.1, -0.05) is 13.8 Å². The third-order valence-corrected chi connectivity index (χ3v) is 3.52. The van der Waals surface area contributed by atoms with Crippen LogP contribution in [0.4, 0.5) is 0 Å². The van der Waals surface area contributed by atoms with Crippen LogP contribution in [0.2, 0.25) is 0 Å². The number of likely N-dealkylation sites (tertiary alicyclic amines) is 1. The number of esters is 1. The molecule has 3 nitrogen and oxygen atoms in total. The molecular formula is C11H21NO2. The Morgan fingerprint density at radius 1 is 1.57 bits per heavy atom. The third kappa shape index (κ3) is 1.65. The summed E-state index contributed by atoms with van der Waals surface area (Å²) < 4.78 is 5.15. The molecule has 0 bridgehead atoms. The Morgan fingerprint density at radius 2 is 2.21 bits per heavy atom. The second kappa shape index (κ2) is 4.30. The number of carbonyl (C=O) groups excluding carboxylic acids is 1. The van der Waals surface area contributed by atoms with Crippen molar-refractivity contribution in [3.05, 3.63) is 0 Å². The lowest BCUT2D eigenvalue weighted by molar-refractivity contribution is -0.157. The maximum Gasteiger partial charge on any atom is 0.326 e. The molecule has 14 heavy (non-hydrogen) atoms. The standard InChI is InChI=1S/C11H21NO2/c1-5-12-8-7-9(3)11(12,4)10(13)14-6-2/h9H,5-8H2,1-4H3. The highest BCUT2D eigenvalue weighted by Crippen LogP contribution is 2.35. The lowest BCUT2D eigenvalue weighted by Crippen LogP contribution is -2.52. The van der Waals surface area contributed by atoms with Crippen LogP contribution in [-0.2, 0) is 9.53 Å². The first kappa shape index (κ1) is 11.5. The van der Waals surface area contributed by atoms with Crippen LogP contribution in [0, 0.1) is 5.92 Å². The Hall–Kier alpha value is -0.570. The van der Waals surface area contributed by atoms with Gasteiger partial charge in [0.1, 0.15) is 5.54 Å². The molecule has 0 aromatic heterocycles. The topological polar surface area (TPSA) is 29.5 Å². The molecule has 1 heterocycles. The molecule has 2 atom stereocenters. The van der Waals surface area contributed by atoms with E-state index >= 15 is 0 Å². The minimum absolute atomic E-state index is 0.0631. The fraction of sp³-hybridized carbons (Fsp3) is 0.909. The number of carbonyl (C=O) groups is 1. The average Bonchev–Trinajstić information content (AvgIpc) is 2.45. The summed E-state index contributed by atoms with van der Waals surface area (Å²) in [6, 6.07) is 0. The van der Waals surface area contributed by atoms with Gasteiger partial charge in [-0.25, -0.2) is 0 Å². The monoisotopic (exact) mass is 199 g/mol. The Bertz CT molecular complexity index is 217. The van der Waals surface area contributed by atoms with Gasteiger partial charge in [-0.15, -0.1) is 0 Å². The van der Waals surface area contributed by atoms with Gasteiger partial charge in [0, 0.05) is 0 Å². The van der Waals surface area contributed by atoms with Crippen molar-refractivity contribution >= 4 is 5.97 Å². The van der Waals surface area contributed by atoms with Gasteiger partial charge >= 0.3 is 5.97 Å². The minimum Gasteiger partial charge on any atom is -0.465 e. The van der Waals surface area contributed by atoms with E-state index < -0.39 is 5.54 Å². The van der Waals surface area contributed by atoms with E-state index in [4.69, 9.17) is 4.74 Å². The second-order valence-corrected chi connectivity index (χ2v) is 4.14. The number of hydrogen-bond acceptors (Lipinski definition) is 3. The number of hydrogen-bond donors (Lipinski definition) is 0. The van der Waals surface area contributed by atoms with Gasteiger partial charge in [-0.05, 0) is 39.3 Å². The molecule has 0 aromatic carbocycles. The van der Waals surface area contributed by atoms with E-state index in [9.17, 15) is 4.79 Å². The molecule has 0 aromatic rings. The van der Waals surface area contributed by atoms with E-state index in [1.54, 1.807) is 0 Å². The summed E-state index contributed by atoms with van der Waals surface area (Å²) in [6.45, 7) is 10.5. The summed E-state index contributed by atoms with van der Waals surface area (Å²) in [7, 11) is 0. The lowest BCUT2D eigenvalue weighted by Gasteiger charge is -2.34. The summed E-state index contributed by atoms with van der Waals surface area (Å²) >= 11 is 0. The predicted octanol–water partition coefficient (Wildman–Crippen LogP) is 1.67. The number of ether oxygens (including phenoxy) is 1. The largest absolute Gasteiger partial charge is 0.465 e. The molecular weight excluding hydrogens is 178 g/mol. The van der Waals surface area contributed by atoms with E-state index in [0.29, 0.717) is 12.5 Å². The summed E-state index contributed by atoms with van der Waals surface area (Å²) in [5, 5.41) is 0. The van der Waals surface area contributed by atoms with Gasteiger partial charge < -0.3 is 4.74 Å². The molecule has 0 N–H and O–H groups in total. The molecule has 1 aliphatic rings. The van der Waals surface area contributed by atoms with Gasteiger partial charge in [0.15, 0.2) is 0 Å². The Morgan fingerprint density at radius 3 is 2.71 bits per heavy atom. The van der Waals surface area contributed by atoms with Crippen LogP contribution < -0.4 is 0 Å². The highest BCUT2D eigenvalue weighted by Gasteiger charge is 2.48. The van der Waals surface area contributed by atoms with Crippen molar-refractivity contribution in [2.75, 3.05) is 19.7 Å². The van der Waals surface area contributed by atoms with Crippen molar-refractivity contribution in [1.82, 2.24) is 4.90 Å². The van der Waals surface area contributed by atoms with E-state index in [-0.39, 0.29) is 5.97 Å². The van der Waals surface area contributed by atoms with Crippen LogP contribution >= 0.6 is 0 Å². The molecule has 3 heteroatoms. The van der Waals surface area contributed by atoms with Crippen LogP contribution in [0.1, 0.15) is 34.1 Å². The van der Waals surface area contributed by atoms with E-state index in [1.165, 1.54) is 0 Å². The maximum absolute atomic E-state index is 11.9. The molecule has 0 spiro atoms. The Balaban J connectivity index is 2.81. The van der Waals surface area contributed by atoms with Gasteiger partial charge in [0.05, 0.1) is 6.61 Å². The van der Waals surface area contributed by atoms with Gasteiger partial charge in [0.2, 0.25) is 0 Å². The minimum atomic E-state index is -0.398. The molecule has 0 amide bonds. The number of nitrogens with zero attached hydrogens (tertiary/aromatic N) is 1. The highest BCUT2D eigenvalue weighted by molar-refractivity contribution is 5.81. The van der Waals surface area contributed by atoms with Gasteiger partial charge in [-0.3, -0.25) is 9.69 Å². The van der Waals surface area contributed by atoms with Gasteiger partial charge in [0.25, 0.3) is 0 Å². The van der Waals surface area contributed by atoms with E-state index in [2.05, 4.69) is 18.7 Å². The van der Waals surface area contributed by atoms with Crippen molar-refractivity contribution in [3.63, 3.8) is 0 Å². The molecule has 0 radical (unpaired) electrons. The first-order valence-corrected chi connectivity index (χ1v) is 5.49. The predicted molar refractivity (Wildman–Crippen MR) is 56.1 cm³/mol. The van der Waals surface area contributed by atoms with Crippen LogP contribution in [0.15, 0.2) is 0 Å². The number of rotatable bonds is 3. The smallest absolute Gasteiger partial charge is 0.326 e. The summed E-state index contributed by atoms with van der Waals surface area (Å²) in [5.74, 6) is 0.327. The molecule has 0 saturated carbocycles. The van der Waals surface area contributed by atoms with Gasteiger partial charge in [-0.2, -0.15) is 0 Å². The molecule has 2 unspecified atom stereocenters. The maximum atomic E-state index is 11.9. The average molecular weight is 199 g/mol. The Labute approximate surface area is 86.4 Å². The lowest BCUT2D eigenvalue weighted by atomic mass is 9.88. The summed E-state index contributed by atoms with van der Waals surface area (Å²) in [4.78, 5) is 14.1. The second-order valence-electron chi connectivity index (χ2n) is 4.14. The highest BCUT2D eigenvalue weighted by atomic mass is 16.5. The van der Waals surface area contributed by atoms with E-state index in [1.807, 2.05) is 13.8 Å². The van der Waals surface area contributed by atoms with Crippen molar-refractivity contribution in [3.8, 4) is 0 Å². The first-order chi connectivity index (χ1) is 6.57. The fourth-order valence-electron chi connectivity index (χ4n) is 2.27. The molecule has 1 rings (SSSR count). The van der Waals surface area contributed by atoms with Crippen LogP contribution in [-0.4, -0.2) is 36.1 Å². The van der Waals surface area contributed by atoms with Crippen molar-refractivity contribution in [1.29, 1.82) is 0 Å². The molecule has 0 aliphatic carbocycles. The van der Waals surface area contributed by atoms with Crippen LogP contribution in [0.25, 0.3) is 0 Å². The zero-order valence-corrected chi connectivity index (χ0v) is 9.67. The zero-order valence-electron chi connectivity index (χ0n) is 9.67. The zero-order chi connectivity index (χ0) is 10.8. The molecule has 1 saturated heterocycles. The first-order valence-electron chi connectivity index (χ1n) is 5.49. The van der Waals surface area contributed by atoms with Crippen molar-refractivity contribution in [2.45, 2.75) is 39.7 Å². The molecule has 82 valence electrons. The SMILES string of the molecule is CCOC(=O)C1(C)C(C)CCN1CC. The third-order valence-electron chi connectivity index (χ3n) is 3.52. The molecule has 1 fully saturated rings. The molecule has 1 aliphatic heterocycles. The van der Waals surface area contributed by atoms with Crippen molar-refractivity contribution in [2.24, 2.45) is 5.92 Å². The quantitative estimate of drug-likeness (QED) is 0.648. The Kier molecular flexibility index (Phi) is 3.53. The van der Waals surface area contributed by atoms with Crippen LogP contribution in [0.5, 0.6) is 0 Å². The van der Waals surface area contributed by atoms with Crippen LogP contribution in [0.3, 0.4) is 0 Å². The summed E-state index contributed by atoms with van der Waals surface area (Å²) in [6.07, 6.45) is 1.09.